The molecule has 0 aliphatic carbocycles. The summed E-state index contributed by atoms with van der Waals surface area (Å²) in [5.41, 5.74) is 0.628. The number of halogens is 1. The number of ketones is 1. The van der Waals surface area contributed by atoms with E-state index in [1.165, 1.54) is 36.9 Å². The van der Waals surface area contributed by atoms with Crippen molar-refractivity contribution in [1.82, 2.24) is 14.8 Å². The van der Waals surface area contributed by atoms with Gasteiger partial charge in [-0.2, -0.15) is 5.10 Å². The highest BCUT2D eigenvalue weighted by Crippen LogP contribution is 2.36. The number of hydrogen-bond donors (Lipinski definition) is 0. The van der Waals surface area contributed by atoms with Gasteiger partial charge >= 0.3 is 0 Å². The Hall–Kier alpha value is -3.60. The van der Waals surface area contributed by atoms with Gasteiger partial charge in [0.1, 0.15) is 18.5 Å². The van der Waals surface area contributed by atoms with Crippen molar-refractivity contribution in [2.75, 3.05) is 0 Å². The van der Waals surface area contributed by atoms with Gasteiger partial charge in [-0.25, -0.2) is 14.1 Å². The first kappa shape index (κ1) is 16.8. The fourth-order valence-electron chi connectivity index (χ4n) is 3.35. The van der Waals surface area contributed by atoms with Gasteiger partial charge in [-0.1, -0.05) is 60.7 Å². The first-order valence-corrected chi connectivity index (χ1v) is 8.49. The van der Waals surface area contributed by atoms with Crippen LogP contribution >= 0.6 is 0 Å². The summed E-state index contributed by atoms with van der Waals surface area (Å²) in [6, 6.07) is 24.4. The molecule has 132 valence electrons. The highest BCUT2D eigenvalue weighted by molar-refractivity contribution is 6.06. The average molecular weight is 357 g/mol. The molecule has 5 heteroatoms. The highest BCUT2D eigenvalue weighted by Gasteiger charge is 2.45. The second-order valence-electron chi connectivity index (χ2n) is 6.12. The molecule has 4 aromatic rings. The molecule has 0 fully saturated rings. The van der Waals surface area contributed by atoms with Crippen LogP contribution in [-0.2, 0) is 5.54 Å². The van der Waals surface area contributed by atoms with Crippen LogP contribution < -0.4 is 0 Å². The highest BCUT2D eigenvalue weighted by atomic mass is 19.1. The van der Waals surface area contributed by atoms with Gasteiger partial charge in [0.05, 0.1) is 0 Å². The largest absolute Gasteiger partial charge is 0.291 e. The molecule has 0 aliphatic rings. The smallest absolute Gasteiger partial charge is 0.199 e. The molecule has 27 heavy (non-hydrogen) atoms. The van der Waals surface area contributed by atoms with Gasteiger partial charge in [-0.3, -0.25) is 4.79 Å². The first-order chi connectivity index (χ1) is 13.2. The lowest BCUT2D eigenvalue weighted by Gasteiger charge is -2.33. The van der Waals surface area contributed by atoms with Crippen LogP contribution in [-0.4, -0.2) is 20.5 Å². The summed E-state index contributed by atoms with van der Waals surface area (Å²) in [4.78, 5) is 17.9. The Kier molecular flexibility index (Phi) is 4.34. The van der Waals surface area contributed by atoms with Gasteiger partial charge in [-0.05, 0) is 35.4 Å². The third kappa shape index (κ3) is 2.83. The van der Waals surface area contributed by atoms with Crippen LogP contribution in [0.1, 0.15) is 21.5 Å². The molecule has 1 heterocycles. The van der Waals surface area contributed by atoms with E-state index >= 15 is 0 Å². The van der Waals surface area contributed by atoms with Gasteiger partial charge in [0, 0.05) is 5.56 Å². The second kappa shape index (κ2) is 6.96. The zero-order valence-electron chi connectivity index (χ0n) is 14.4. The molecular formula is C22H16FN3O. The molecule has 4 nitrogen and oxygen atoms in total. The number of benzene rings is 3. The number of nitrogens with zero attached hydrogens (tertiary/aromatic N) is 3. The zero-order chi connectivity index (χ0) is 18.7. The van der Waals surface area contributed by atoms with Crippen LogP contribution in [0.3, 0.4) is 0 Å². The third-order valence-corrected chi connectivity index (χ3v) is 4.58. The van der Waals surface area contributed by atoms with Gasteiger partial charge in [-0.15, -0.1) is 0 Å². The van der Waals surface area contributed by atoms with Gasteiger partial charge in [0.15, 0.2) is 11.3 Å². The lowest BCUT2D eigenvalue weighted by Crippen LogP contribution is -2.44. The fourth-order valence-corrected chi connectivity index (χ4v) is 3.35. The van der Waals surface area contributed by atoms with Crippen LogP contribution in [0.5, 0.6) is 0 Å². The Labute approximate surface area is 155 Å². The van der Waals surface area contributed by atoms with E-state index in [0.717, 1.165) is 11.1 Å². The van der Waals surface area contributed by atoms with Crippen LogP contribution in [0, 0.1) is 5.82 Å². The van der Waals surface area contributed by atoms with E-state index in [1.54, 1.807) is 4.68 Å². The molecule has 0 N–H and O–H groups in total. The van der Waals surface area contributed by atoms with E-state index in [2.05, 4.69) is 10.1 Å². The van der Waals surface area contributed by atoms with Gasteiger partial charge in [0.2, 0.25) is 0 Å². The maximum absolute atomic E-state index is 13.9. The lowest BCUT2D eigenvalue weighted by molar-refractivity contribution is 0.0878. The van der Waals surface area contributed by atoms with E-state index in [0.29, 0.717) is 5.56 Å². The SMILES string of the molecule is O=C(c1ccc(F)cc1)C(c1ccccc1)(c1ccccc1)n1cncn1. The standard InChI is InChI=1S/C22H16FN3O/c23-20-13-11-17(12-14-20)21(27)22(26-16-24-15-25-26,18-7-3-1-4-8-18)19-9-5-2-6-10-19/h1-16H. The summed E-state index contributed by atoms with van der Waals surface area (Å²) in [5.74, 6) is -0.609. The quantitative estimate of drug-likeness (QED) is 0.506. The number of aromatic nitrogens is 3. The molecule has 0 amide bonds. The molecule has 0 saturated carbocycles. The topological polar surface area (TPSA) is 47.8 Å². The minimum absolute atomic E-state index is 0.217. The number of Topliss-reactive ketones (excluding diaryl/α,β-unsaturated/α-hetero) is 1. The van der Waals surface area contributed by atoms with Crippen LogP contribution in [0.25, 0.3) is 0 Å². The van der Waals surface area contributed by atoms with Crippen molar-refractivity contribution >= 4 is 5.78 Å². The maximum Gasteiger partial charge on any atom is 0.199 e. The molecule has 0 aliphatic heterocycles. The Morgan fingerprint density at radius 1 is 0.815 bits per heavy atom. The molecule has 0 bridgehead atoms. The minimum Gasteiger partial charge on any atom is -0.291 e. The summed E-state index contributed by atoms with van der Waals surface area (Å²) >= 11 is 0. The molecule has 0 unspecified atom stereocenters. The van der Waals surface area contributed by atoms with Crippen molar-refractivity contribution in [2.24, 2.45) is 0 Å². The van der Waals surface area contributed by atoms with Crippen LogP contribution in [0.15, 0.2) is 97.6 Å². The van der Waals surface area contributed by atoms with E-state index in [4.69, 9.17) is 0 Å². The summed E-state index contributed by atoms with van der Waals surface area (Å²) < 4.78 is 15.0. The van der Waals surface area contributed by atoms with E-state index in [-0.39, 0.29) is 5.78 Å². The molecule has 0 atom stereocenters. The summed E-state index contributed by atoms with van der Waals surface area (Å²) in [6.45, 7) is 0. The van der Waals surface area contributed by atoms with Gasteiger partial charge < -0.3 is 0 Å². The van der Waals surface area contributed by atoms with Crippen molar-refractivity contribution in [3.05, 3.63) is 120 Å². The third-order valence-electron chi connectivity index (χ3n) is 4.58. The Bertz CT molecular complexity index is 991. The van der Waals surface area contributed by atoms with Crippen molar-refractivity contribution in [1.29, 1.82) is 0 Å². The zero-order valence-corrected chi connectivity index (χ0v) is 14.4. The minimum atomic E-state index is -1.25. The Morgan fingerprint density at radius 2 is 1.37 bits per heavy atom. The number of carbonyl (C=O) groups excluding carboxylic acids is 1. The second-order valence-corrected chi connectivity index (χ2v) is 6.12. The van der Waals surface area contributed by atoms with Gasteiger partial charge in [0.25, 0.3) is 0 Å². The summed E-state index contributed by atoms with van der Waals surface area (Å²) in [6.07, 6.45) is 2.93. The monoisotopic (exact) mass is 357 g/mol. The molecule has 3 aromatic carbocycles. The predicted octanol–water partition coefficient (Wildman–Crippen LogP) is 4.09. The molecule has 0 saturated heterocycles. The molecule has 0 radical (unpaired) electrons. The van der Waals surface area contributed by atoms with Crippen molar-refractivity contribution in [3.8, 4) is 0 Å². The van der Waals surface area contributed by atoms with Crippen LogP contribution in [0.2, 0.25) is 0 Å². The number of rotatable bonds is 5. The fraction of sp³-hybridized carbons (Fsp3) is 0.0455. The number of carbonyl (C=O) groups is 1. The maximum atomic E-state index is 13.9. The molecule has 0 spiro atoms. The molecule has 4 rings (SSSR count). The predicted molar refractivity (Wildman–Crippen MR) is 99.8 cm³/mol. The Balaban J connectivity index is 2.05. The first-order valence-electron chi connectivity index (χ1n) is 8.49. The van der Waals surface area contributed by atoms with E-state index in [1.807, 2.05) is 60.7 Å². The summed E-state index contributed by atoms with van der Waals surface area (Å²) in [7, 11) is 0. The van der Waals surface area contributed by atoms with E-state index in [9.17, 15) is 9.18 Å². The lowest BCUT2D eigenvalue weighted by atomic mass is 9.77. The van der Waals surface area contributed by atoms with Crippen LogP contribution in [0.4, 0.5) is 4.39 Å². The number of hydrogen-bond acceptors (Lipinski definition) is 3. The molecule has 1 aromatic heterocycles. The average Bonchev–Trinajstić information content (AvgIpc) is 3.26. The Morgan fingerprint density at radius 3 is 1.85 bits per heavy atom. The normalized spacial score (nSPS) is 11.3. The van der Waals surface area contributed by atoms with E-state index < -0.39 is 11.4 Å². The van der Waals surface area contributed by atoms with Crippen molar-refractivity contribution < 1.29 is 9.18 Å². The van der Waals surface area contributed by atoms with Crippen molar-refractivity contribution in [2.45, 2.75) is 5.54 Å². The summed E-state index contributed by atoms with van der Waals surface area (Å²) in [5, 5.41) is 4.32. The van der Waals surface area contributed by atoms with Crippen molar-refractivity contribution in [3.63, 3.8) is 0 Å². The molecular weight excluding hydrogens is 341 g/mol.